The lowest BCUT2D eigenvalue weighted by molar-refractivity contribution is 0.102. The third kappa shape index (κ3) is 4.43. The van der Waals surface area contributed by atoms with Crippen LogP contribution in [0, 0.1) is 18.6 Å². The maximum absolute atomic E-state index is 13.7. The molecule has 3 aromatic rings. The normalized spacial score (nSPS) is 11.2. The molecule has 3 rings (SSSR count). The Balaban J connectivity index is 1.78. The van der Waals surface area contributed by atoms with Crippen molar-refractivity contribution in [2.24, 2.45) is 0 Å². The smallest absolute Gasteiger partial charge is 0.264 e. The van der Waals surface area contributed by atoms with E-state index in [2.05, 4.69) is 5.32 Å². The van der Waals surface area contributed by atoms with Crippen LogP contribution in [0.5, 0.6) is 0 Å². The molecule has 0 aliphatic heterocycles. The van der Waals surface area contributed by atoms with Crippen molar-refractivity contribution >= 4 is 27.3 Å². The number of nitrogens with zero attached hydrogens (tertiary/aromatic N) is 1. The first-order chi connectivity index (χ1) is 13.7. The van der Waals surface area contributed by atoms with E-state index in [0.717, 1.165) is 22.0 Å². The topological polar surface area (TPSA) is 66.5 Å². The number of carbonyl (C=O) groups is 1. The molecular weight excluding hydrogens is 398 g/mol. The molecule has 0 atom stereocenters. The minimum absolute atomic E-state index is 0.152. The average molecular weight is 416 g/mol. The molecule has 8 heteroatoms. The first kappa shape index (κ1) is 20.5. The summed E-state index contributed by atoms with van der Waals surface area (Å²) < 4.78 is 53.2. The van der Waals surface area contributed by atoms with E-state index in [1.54, 1.807) is 12.1 Å². The SMILES string of the molecule is Cc1ccc(S(=O)(=O)N(C)c2ccc(C(=O)Nc3ccc(F)cc3F)cc2)cc1. The second-order valence-corrected chi connectivity index (χ2v) is 8.38. The monoisotopic (exact) mass is 416 g/mol. The quantitative estimate of drug-likeness (QED) is 0.672. The van der Waals surface area contributed by atoms with E-state index in [4.69, 9.17) is 0 Å². The van der Waals surface area contributed by atoms with Crippen LogP contribution >= 0.6 is 0 Å². The molecule has 0 aliphatic carbocycles. The zero-order valence-electron chi connectivity index (χ0n) is 15.7. The molecule has 3 aromatic carbocycles. The van der Waals surface area contributed by atoms with Gasteiger partial charge in [-0.3, -0.25) is 9.10 Å². The van der Waals surface area contributed by atoms with Crippen molar-refractivity contribution in [3.8, 4) is 0 Å². The van der Waals surface area contributed by atoms with Crippen molar-refractivity contribution < 1.29 is 22.0 Å². The third-order valence-corrected chi connectivity index (χ3v) is 6.15. The molecule has 0 saturated heterocycles. The Bertz CT molecular complexity index is 1150. The summed E-state index contributed by atoms with van der Waals surface area (Å²) in [5.41, 5.74) is 1.34. The summed E-state index contributed by atoms with van der Waals surface area (Å²) >= 11 is 0. The number of halogens is 2. The lowest BCUT2D eigenvalue weighted by atomic mass is 10.2. The average Bonchev–Trinajstić information content (AvgIpc) is 2.70. The minimum Gasteiger partial charge on any atom is -0.319 e. The van der Waals surface area contributed by atoms with E-state index >= 15 is 0 Å². The van der Waals surface area contributed by atoms with Crippen molar-refractivity contribution in [1.29, 1.82) is 0 Å². The van der Waals surface area contributed by atoms with Crippen LogP contribution in [0.4, 0.5) is 20.2 Å². The lowest BCUT2D eigenvalue weighted by Gasteiger charge is -2.20. The molecule has 0 spiro atoms. The number of carbonyl (C=O) groups excluding carboxylic acids is 1. The van der Waals surface area contributed by atoms with Crippen LogP contribution in [0.2, 0.25) is 0 Å². The van der Waals surface area contributed by atoms with Crippen LogP contribution in [-0.2, 0) is 10.0 Å². The molecule has 0 aliphatic rings. The summed E-state index contributed by atoms with van der Waals surface area (Å²) in [6, 6.07) is 15.1. The largest absolute Gasteiger partial charge is 0.319 e. The van der Waals surface area contributed by atoms with Crippen molar-refractivity contribution in [3.63, 3.8) is 0 Å². The highest BCUT2D eigenvalue weighted by molar-refractivity contribution is 7.92. The Morgan fingerprint density at radius 2 is 1.55 bits per heavy atom. The van der Waals surface area contributed by atoms with E-state index in [1.807, 2.05) is 6.92 Å². The molecular formula is C21H18F2N2O3S. The van der Waals surface area contributed by atoms with Crippen LogP contribution < -0.4 is 9.62 Å². The van der Waals surface area contributed by atoms with Gasteiger partial charge in [-0.15, -0.1) is 0 Å². The number of rotatable bonds is 5. The zero-order chi connectivity index (χ0) is 21.2. The molecule has 0 radical (unpaired) electrons. The summed E-state index contributed by atoms with van der Waals surface area (Å²) in [4.78, 5) is 12.4. The Hall–Kier alpha value is -3.26. The number of anilines is 2. The van der Waals surface area contributed by atoms with E-state index in [-0.39, 0.29) is 16.1 Å². The van der Waals surface area contributed by atoms with Gasteiger partial charge in [0.2, 0.25) is 0 Å². The number of aryl methyl sites for hydroxylation is 1. The molecule has 5 nitrogen and oxygen atoms in total. The van der Waals surface area contributed by atoms with Gasteiger partial charge in [-0.05, 0) is 55.5 Å². The molecule has 0 bridgehead atoms. The number of hydrogen-bond acceptors (Lipinski definition) is 3. The first-order valence-electron chi connectivity index (χ1n) is 8.60. The molecule has 0 saturated carbocycles. The van der Waals surface area contributed by atoms with Gasteiger partial charge in [-0.2, -0.15) is 0 Å². The van der Waals surface area contributed by atoms with Crippen LogP contribution in [0.15, 0.2) is 71.6 Å². The Morgan fingerprint density at radius 3 is 2.14 bits per heavy atom. The molecule has 0 fully saturated rings. The fourth-order valence-electron chi connectivity index (χ4n) is 2.62. The molecule has 29 heavy (non-hydrogen) atoms. The molecule has 0 unspecified atom stereocenters. The predicted molar refractivity (Wildman–Crippen MR) is 108 cm³/mol. The van der Waals surface area contributed by atoms with Gasteiger partial charge < -0.3 is 5.32 Å². The maximum atomic E-state index is 13.7. The van der Waals surface area contributed by atoms with E-state index in [1.165, 1.54) is 43.4 Å². The van der Waals surface area contributed by atoms with Gasteiger partial charge in [0.05, 0.1) is 16.3 Å². The summed E-state index contributed by atoms with van der Waals surface area (Å²) in [5, 5.41) is 2.35. The molecule has 150 valence electrons. The second-order valence-electron chi connectivity index (χ2n) is 6.41. The lowest BCUT2D eigenvalue weighted by Crippen LogP contribution is -2.26. The number of nitrogens with one attached hydrogen (secondary N) is 1. The first-order valence-corrected chi connectivity index (χ1v) is 10.0. The summed E-state index contributed by atoms with van der Waals surface area (Å²) in [5.74, 6) is -2.24. The van der Waals surface area contributed by atoms with E-state index < -0.39 is 27.6 Å². The van der Waals surface area contributed by atoms with Gasteiger partial charge >= 0.3 is 0 Å². The number of sulfonamides is 1. The number of amides is 1. The van der Waals surface area contributed by atoms with Gasteiger partial charge in [-0.1, -0.05) is 17.7 Å². The van der Waals surface area contributed by atoms with Crippen LogP contribution in [0.3, 0.4) is 0 Å². The zero-order valence-corrected chi connectivity index (χ0v) is 16.5. The fourth-order valence-corrected chi connectivity index (χ4v) is 3.81. The highest BCUT2D eigenvalue weighted by Crippen LogP contribution is 2.23. The van der Waals surface area contributed by atoms with E-state index in [9.17, 15) is 22.0 Å². The van der Waals surface area contributed by atoms with Crippen molar-refractivity contribution in [2.75, 3.05) is 16.7 Å². The Morgan fingerprint density at radius 1 is 0.931 bits per heavy atom. The van der Waals surface area contributed by atoms with Gasteiger partial charge in [0.15, 0.2) is 0 Å². The number of benzene rings is 3. The van der Waals surface area contributed by atoms with Crippen LogP contribution in [0.25, 0.3) is 0 Å². The van der Waals surface area contributed by atoms with Gasteiger partial charge in [0.25, 0.3) is 15.9 Å². The summed E-state index contributed by atoms with van der Waals surface area (Å²) in [7, 11) is -2.34. The van der Waals surface area contributed by atoms with Crippen molar-refractivity contribution in [1.82, 2.24) is 0 Å². The van der Waals surface area contributed by atoms with Crippen LogP contribution in [-0.4, -0.2) is 21.4 Å². The Labute approximate surface area is 167 Å². The summed E-state index contributed by atoms with van der Waals surface area (Å²) in [6.45, 7) is 1.86. The van der Waals surface area contributed by atoms with Crippen molar-refractivity contribution in [3.05, 3.63) is 89.5 Å². The van der Waals surface area contributed by atoms with Crippen LogP contribution in [0.1, 0.15) is 15.9 Å². The summed E-state index contributed by atoms with van der Waals surface area (Å²) in [6.07, 6.45) is 0. The van der Waals surface area contributed by atoms with E-state index in [0.29, 0.717) is 11.8 Å². The molecule has 0 aromatic heterocycles. The van der Waals surface area contributed by atoms with Gasteiger partial charge in [0, 0.05) is 18.7 Å². The van der Waals surface area contributed by atoms with Crippen molar-refractivity contribution in [2.45, 2.75) is 11.8 Å². The Kier molecular flexibility index (Phi) is 5.65. The third-order valence-electron chi connectivity index (χ3n) is 4.35. The molecule has 1 N–H and O–H groups in total. The fraction of sp³-hybridized carbons (Fsp3) is 0.0952. The predicted octanol–water partition coefficient (Wildman–Crippen LogP) is 4.35. The second kappa shape index (κ2) is 8.00. The maximum Gasteiger partial charge on any atom is 0.264 e. The van der Waals surface area contributed by atoms with Gasteiger partial charge in [0.1, 0.15) is 11.6 Å². The molecule has 0 heterocycles. The highest BCUT2D eigenvalue weighted by Gasteiger charge is 2.21. The van der Waals surface area contributed by atoms with Gasteiger partial charge in [-0.25, -0.2) is 17.2 Å². The number of hydrogen-bond donors (Lipinski definition) is 1. The molecule has 1 amide bonds. The standard InChI is InChI=1S/C21H18F2N2O3S/c1-14-3-10-18(11-4-14)29(27,28)25(2)17-8-5-15(6-9-17)21(26)24-20-12-7-16(22)13-19(20)23/h3-13H,1-2H3,(H,24,26). The highest BCUT2D eigenvalue weighted by atomic mass is 32.2. The minimum atomic E-state index is -3.75.